The Labute approximate surface area is 153 Å². The number of nitrogens with zero attached hydrogens (tertiary/aromatic N) is 5. The number of carbonyl (C=O) groups excluding carboxylic acids is 1. The Balaban J connectivity index is 1.63. The highest BCUT2D eigenvalue weighted by Gasteiger charge is 2.37. The highest BCUT2D eigenvalue weighted by atomic mass is 16.3. The van der Waals surface area contributed by atoms with Gasteiger partial charge in [-0.15, -0.1) is 0 Å². The van der Waals surface area contributed by atoms with Crippen molar-refractivity contribution < 1.29 is 9.90 Å². The predicted octanol–water partition coefficient (Wildman–Crippen LogP) is 1.19. The van der Waals surface area contributed by atoms with E-state index in [0.717, 1.165) is 11.5 Å². The molecule has 0 aromatic carbocycles. The van der Waals surface area contributed by atoms with E-state index in [-0.39, 0.29) is 18.4 Å². The molecule has 1 fully saturated rings. The van der Waals surface area contributed by atoms with Crippen LogP contribution in [0.2, 0.25) is 0 Å². The van der Waals surface area contributed by atoms with Crippen molar-refractivity contribution in [2.24, 2.45) is 0 Å². The molecule has 2 N–H and O–H groups in total. The van der Waals surface area contributed by atoms with Crippen LogP contribution in [0.3, 0.4) is 0 Å². The van der Waals surface area contributed by atoms with E-state index in [0.29, 0.717) is 31.7 Å². The fraction of sp³-hybridized carbons (Fsp3) is 0.556. The molecule has 0 bridgehead atoms. The van der Waals surface area contributed by atoms with Crippen molar-refractivity contribution in [1.82, 2.24) is 25.1 Å². The number of carbonyl (C=O) groups is 1. The Morgan fingerprint density at radius 1 is 1.42 bits per heavy atom. The maximum absolute atomic E-state index is 12.6. The van der Waals surface area contributed by atoms with Gasteiger partial charge >= 0.3 is 0 Å². The topological polar surface area (TPSA) is 96.2 Å². The highest BCUT2D eigenvalue weighted by Crippen LogP contribution is 2.24. The van der Waals surface area contributed by atoms with Gasteiger partial charge in [-0.1, -0.05) is 13.8 Å². The summed E-state index contributed by atoms with van der Waals surface area (Å²) < 4.78 is 1.70. The van der Waals surface area contributed by atoms with Gasteiger partial charge in [-0.25, -0.2) is 4.98 Å². The van der Waals surface area contributed by atoms with Crippen LogP contribution in [0.4, 0.5) is 5.82 Å². The van der Waals surface area contributed by atoms with Gasteiger partial charge in [-0.2, -0.15) is 5.10 Å². The molecule has 1 aliphatic heterocycles. The third-order valence-electron chi connectivity index (χ3n) is 4.71. The summed E-state index contributed by atoms with van der Waals surface area (Å²) in [6.07, 6.45) is 5.49. The van der Waals surface area contributed by atoms with Crippen LogP contribution in [0.15, 0.2) is 24.7 Å². The standard InChI is InChI=1S/C18H26N6O2/c1-4-24-15(9-14(22-24)13(2)3)17(25)21-11-18(26)5-8-23(12-18)16-10-19-6-7-20-16/h6-7,9-10,13,26H,4-5,8,11-12H2,1-3H3,(H,21,25). The first-order valence-electron chi connectivity index (χ1n) is 9.01. The lowest BCUT2D eigenvalue weighted by atomic mass is 10.0. The molecule has 1 saturated heterocycles. The lowest BCUT2D eigenvalue weighted by molar-refractivity contribution is 0.0572. The minimum Gasteiger partial charge on any atom is -0.386 e. The van der Waals surface area contributed by atoms with Crippen LogP contribution in [0.25, 0.3) is 0 Å². The Kier molecular flexibility index (Phi) is 5.22. The smallest absolute Gasteiger partial charge is 0.269 e. The minimum atomic E-state index is -0.981. The number of aromatic nitrogens is 4. The van der Waals surface area contributed by atoms with Gasteiger partial charge in [-0.3, -0.25) is 14.5 Å². The van der Waals surface area contributed by atoms with Crippen molar-refractivity contribution in [3.63, 3.8) is 0 Å². The molecule has 0 spiro atoms. The van der Waals surface area contributed by atoms with Crippen LogP contribution in [0.1, 0.15) is 49.3 Å². The van der Waals surface area contributed by atoms with Crippen molar-refractivity contribution >= 4 is 11.7 Å². The van der Waals surface area contributed by atoms with Crippen LogP contribution in [0.5, 0.6) is 0 Å². The van der Waals surface area contributed by atoms with Crippen molar-refractivity contribution in [2.45, 2.75) is 45.3 Å². The van der Waals surface area contributed by atoms with Crippen LogP contribution in [-0.2, 0) is 6.54 Å². The predicted molar refractivity (Wildman–Crippen MR) is 98.1 cm³/mol. The van der Waals surface area contributed by atoms with Crippen LogP contribution in [0, 0.1) is 0 Å². The molecule has 3 heterocycles. The Bertz CT molecular complexity index is 760. The zero-order valence-electron chi connectivity index (χ0n) is 15.5. The normalized spacial score (nSPS) is 20.0. The SMILES string of the molecule is CCn1nc(C(C)C)cc1C(=O)NCC1(O)CCN(c2cnccn2)C1. The molecule has 0 saturated carbocycles. The zero-order chi connectivity index (χ0) is 18.7. The molecule has 2 aromatic rings. The van der Waals surface area contributed by atoms with E-state index >= 15 is 0 Å². The van der Waals surface area contributed by atoms with Gasteiger partial charge < -0.3 is 15.3 Å². The summed E-state index contributed by atoms with van der Waals surface area (Å²) in [4.78, 5) is 22.9. The fourth-order valence-electron chi connectivity index (χ4n) is 3.13. The van der Waals surface area contributed by atoms with Gasteiger partial charge in [0.2, 0.25) is 0 Å². The summed E-state index contributed by atoms with van der Waals surface area (Å²) >= 11 is 0. The molecular formula is C18H26N6O2. The maximum Gasteiger partial charge on any atom is 0.269 e. The summed E-state index contributed by atoms with van der Waals surface area (Å²) in [6, 6.07) is 1.83. The first-order valence-corrected chi connectivity index (χ1v) is 9.01. The van der Waals surface area contributed by atoms with Crippen molar-refractivity contribution in [3.8, 4) is 0 Å². The Morgan fingerprint density at radius 2 is 2.23 bits per heavy atom. The molecule has 140 valence electrons. The second-order valence-electron chi connectivity index (χ2n) is 7.07. The number of hydrogen-bond acceptors (Lipinski definition) is 6. The number of amides is 1. The minimum absolute atomic E-state index is 0.189. The van der Waals surface area contributed by atoms with E-state index in [1.807, 2.05) is 31.7 Å². The summed E-state index contributed by atoms with van der Waals surface area (Å²) in [5, 5.41) is 18.1. The Hall–Kier alpha value is -2.48. The number of rotatable bonds is 6. The molecule has 0 aliphatic carbocycles. The molecule has 3 rings (SSSR count). The van der Waals surface area contributed by atoms with Gasteiger partial charge in [0.15, 0.2) is 0 Å². The molecule has 1 amide bonds. The number of aryl methyl sites for hydroxylation is 1. The molecular weight excluding hydrogens is 332 g/mol. The van der Waals surface area contributed by atoms with E-state index in [2.05, 4.69) is 20.4 Å². The van der Waals surface area contributed by atoms with E-state index < -0.39 is 5.60 Å². The number of hydrogen-bond donors (Lipinski definition) is 2. The number of aliphatic hydroxyl groups is 1. The van der Waals surface area contributed by atoms with Crippen LogP contribution >= 0.6 is 0 Å². The third kappa shape index (κ3) is 3.85. The average Bonchev–Trinajstić information content (AvgIpc) is 3.25. The highest BCUT2D eigenvalue weighted by molar-refractivity contribution is 5.92. The van der Waals surface area contributed by atoms with Gasteiger partial charge in [0, 0.05) is 38.6 Å². The summed E-state index contributed by atoms with van der Waals surface area (Å²) in [5.41, 5.74) is 0.444. The van der Waals surface area contributed by atoms with Gasteiger partial charge in [0.05, 0.1) is 11.9 Å². The molecule has 8 heteroatoms. The molecule has 0 radical (unpaired) electrons. The maximum atomic E-state index is 12.6. The number of nitrogens with one attached hydrogen (secondary N) is 1. The van der Waals surface area contributed by atoms with Crippen molar-refractivity contribution in [3.05, 3.63) is 36.0 Å². The molecule has 2 aromatic heterocycles. The first kappa shape index (κ1) is 18.3. The van der Waals surface area contributed by atoms with E-state index in [1.165, 1.54) is 0 Å². The monoisotopic (exact) mass is 358 g/mol. The largest absolute Gasteiger partial charge is 0.386 e. The van der Waals surface area contributed by atoms with E-state index in [1.54, 1.807) is 23.3 Å². The van der Waals surface area contributed by atoms with E-state index in [9.17, 15) is 9.90 Å². The first-order chi connectivity index (χ1) is 12.4. The quantitative estimate of drug-likeness (QED) is 0.805. The van der Waals surface area contributed by atoms with Crippen LogP contribution < -0.4 is 10.2 Å². The summed E-state index contributed by atoms with van der Waals surface area (Å²) in [6.45, 7) is 7.95. The van der Waals surface area contributed by atoms with Gasteiger partial charge in [0.1, 0.15) is 17.1 Å². The molecule has 1 atom stereocenters. The summed E-state index contributed by atoms with van der Waals surface area (Å²) in [7, 11) is 0. The Morgan fingerprint density at radius 3 is 2.88 bits per heavy atom. The lowest BCUT2D eigenvalue weighted by Crippen LogP contribution is -2.45. The zero-order valence-corrected chi connectivity index (χ0v) is 15.5. The molecule has 26 heavy (non-hydrogen) atoms. The molecule has 1 aliphatic rings. The molecule has 8 nitrogen and oxygen atoms in total. The average molecular weight is 358 g/mol. The third-order valence-corrected chi connectivity index (χ3v) is 4.71. The summed E-state index contributed by atoms with van der Waals surface area (Å²) in [5.74, 6) is 0.784. The number of β-amino-alcohol motifs (C(OH)–C–C–N with tert-alkyl or cyclic N) is 1. The fourth-order valence-corrected chi connectivity index (χ4v) is 3.13. The van der Waals surface area contributed by atoms with Crippen molar-refractivity contribution in [1.29, 1.82) is 0 Å². The van der Waals surface area contributed by atoms with Gasteiger partial charge in [-0.05, 0) is 25.3 Å². The van der Waals surface area contributed by atoms with Crippen molar-refractivity contribution in [2.75, 3.05) is 24.5 Å². The second-order valence-corrected chi connectivity index (χ2v) is 7.07. The van der Waals surface area contributed by atoms with Gasteiger partial charge in [0.25, 0.3) is 5.91 Å². The lowest BCUT2D eigenvalue weighted by Gasteiger charge is -2.24. The molecule has 1 unspecified atom stereocenters. The van der Waals surface area contributed by atoms with Crippen LogP contribution in [-0.4, -0.2) is 56.0 Å². The number of anilines is 1. The second kappa shape index (κ2) is 7.41. The van der Waals surface area contributed by atoms with E-state index in [4.69, 9.17) is 0 Å².